The van der Waals surface area contributed by atoms with Gasteiger partial charge in [0.1, 0.15) is 12.9 Å². The molecule has 4 nitrogen and oxygen atoms in total. The van der Waals surface area contributed by atoms with E-state index < -0.39 is 0 Å². The second-order valence-electron chi connectivity index (χ2n) is 8.40. The minimum Gasteiger partial charge on any atom is -0.372 e. The van der Waals surface area contributed by atoms with Crippen LogP contribution in [-0.2, 0) is 20.9 Å². The number of amides is 1. The average Bonchev–Trinajstić information content (AvgIpc) is 3.36. The molecule has 0 radical (unpaired) electrons. The summed E-state index contributed by atoms with van der Waals surface area (Å²) in [4.78, 5) is 25.9. The summed E-state index contributed by atoms with van der Waals surface area (Å²) < 4.78 is 5.80. The van der Waals surface area contributed by atoms with Gasteiger partial charge in [-0.2, -0.15) is 0 Å². The van der Waals surface area contributed by atoms with Crippen LogP contribution in [0.5, 0.6) is 0 Å². The van der Waals surface area contributed by atoms with Gasteiger partial charge in [-0.25, -0.2) is 0 Å². The van der Waals surface area contributed by atoms with Crippen LogP contribution in [0.15, 0.2) is 72.3 Å². The second kappa shape index (κ2) is 9.86. The summed E-state index contributed by atoms with van der Waals surface area (Å²) in [7, 11) is 0. The molecule has 2 aliphatic carbocycles. The fraction of sp³-hybridized carbons (Fsp3) is 0.385. The molecule has 4 heteroatoms. The first-order chi connectivity index (χ1) is 14.7. The predicted octanol–water partition coefficient (Wildman–Crippen LogP) is 4.80. The van der Waals surface area contributed by atoms with E-state index in [2.05, 4.69) is 6.08 Å². The van der Waals surface area contributed by atoms with Crippen LogP contribution in [0.3, 0.4) is 0 Å². The third-order valence-corrected chi connectivity index (χ3v) is 6.46. The lowest BCUT2D eigenvalue weighted by molar-refractivity contribution is -0.123. The number of fused-ring (bicyclic) bond motifs is 1. The molecule has 2 aliphatic rings. The van der Waals surface area contributed by atoms with E-state index >= 15 is 0 Å². The molecule has 2 aromatic carbocycles. The van der Waals surface area contributed by atoms with E-state index in [4.69, 9.17) is 4.74 Å². The summed E-state index contributed by atoms with van der Waals surface area (Å²) >= 11 is 0. The zero-order valence-electron chi connectivity index (χ0n) is 17.3. The molecule has 0 N–H and O–H groups in total. The van der Waals surface area contributed by atoms with Gasteiger partial charge in [0.05, 0.1) is 6.54 Å². The molecule has 2 aromatic rings. The van der Waals surface area contributed by atoms with Crippen LogP contribution in [-0.4, -0.2) is 25.4 Å². The van der Waals surface area contributed by atoms with Crippen molar-refractivity contribution in [3.63, 3.8) is 0 Å². The van der Waals surface area contributed by atoms with Crippen LogP contribution < -0.4 is 4.90 Å². The molecule has 4 rings (SSSR count). The minimum atomic E-state index is -0.0282. The Balaban J connectivity index is 1.28. The number of anilines is 1. The molecule has 3 atom stereocenters. The van der Waals surface area contributed by atoms with Crippen molar-refractivity contribution in [2.75, 3.05) is 18.1 Å². The molecule has 1 fully saturated rings. The number of allylic oxidation sites excluding steroid dienone is 2. The van der Waals surface area contributed by atoms with E-state index in [-0.39, 0.29) is 12.5 Å². The van der Waals surface area contributed by atoms with Gasteiger partial charge in [-0.3, -0.25) is 9.59 Å². The maximum Gasteiger partial charge on any atom is 0.253 e. The lowest BCUT2D eigenvalue weighted by Crippen LogP contribution is -2.33. The van der Waals surface area contributed by atoms with Crippen molar-refractivity contribution in [3.05, 3.63) is 77.9 Å². The number of aldehydes is 1. The van der Waals surface area contributed by atoms with Crippen molar-refractivity contribution in [3.8, 4) is 0 Å². The van der Waals surface area contributed by atoms with E-state index in [1.54, 1.807) is 4.90 Å². The normalized spacial score (nSPS) is 22.4. The van der Waals surface area contributed by atoms with Crippen LogP contribution >= 0.6 is 0 Å². The van der Waals surface area contributed by atoms with Crippen LogP contribution in [0.1, 0.15) is 31.2 Å². The molecule has 1 saturated carbocycles. The summed E-state index contributed by atoms with van der Waals surface area (Å²) in [5, 5.41) is 0. The first-order valence-electron chi connectivity index (χ1n) is 10.9. The SMILES string of the molecule is O=CC1=CC[C@H]2CC(CCOCC(=O)N(Cc3ccccc3)c3ccccc3)C[C@@H]12. The van der Waals surface area contributed by atoms with Gasteiger partial charge >= 0.3 is 0 Å². The highest BCUT2D eigenvalue weighted by Crippen LogP contribution is 2.47. The van der Waals surface area contributed by atoms with Gasteiger partial charge in [0.2, 0.25) is 0 Å². The molecule has 30 heavy (non-hydrogen) atoms. The topological polar surface area (TPSA) is 46.6 Å². The summed E-state index contributed by atoms with van der Waals surface area (Å²) in [6.45, 7) is 1.20. The predicted molar refractivity (Wildman–Crippen MR) is 118 cm³/mol. The molecule has 0 bridgehead atoms. The minimum absolute atomic E-state index is 0.0282. The quantitative estimate of drug-likeness (QED) is 0.446. The lowest BCUT2D eigenvalue weighted by Gasteiger charge is -2.23. The van der Waals surface area contributed by atoms with E-state index in [1.165, 1.54) is 6.42 Å². The summed E-state index contributed by atoms with van der Waals surface area (Å²) in [5.41, 5.74) is 2.97. The second-order valence-corrected chi connectivity index (χ2v) is 8.40. The molecule has 0 aliphatic heterocycles. The smallest absolute Gasteiger partial charge is 0.253 e. The van der Waals surface area contributed by atoms with Crippen LogP contribution in [0.25, 0.3) is 0 Å². The maximum atomic E-state index is 12.9. The number of carbonyl (C=O) groups excluding carboxylic acids is 2. The van der Waals surface area contributed by atoms with Crippen molar-refractivity contribution in [2.45, 2.75) is 32.2 Å². The molecule has 1 unspecified atom stereocenters. The molecule has 0 heterocycles. The molecule has 156 valence electrons. The Morgan fingerprint density at radius 3 is 2.50 bits per heavy atom. The van der Waals surface area contributed by atoms with Gasteiger partial charge < -0.3 is 9.64 Å². The van der Waals surface area contributed by atoms with Gasteiger partial charge in [0.15, 0.2) is 0 Å². The number of para-hydroxylation sites is 1. The largest absolute Gasteiger partial charge is 0.372 e. The van der Waals surface area contributed by atoms with E-state index in [1.807, 2.05) is 60.7 Å². The molecule has 0 aromatic heterocycles. The first-order valence-corrected chi connectivity index (χ1v) is 10.9. The number of benzene rings is 2. The van der Waals surface area contributed by atoms with Gasteiger partial charge in [-0.05, 0) is 66.7 Å². The molecule has 0 spiro atoms. The van der Waals surface area contributed by atoms with E-state index in [0.29, 0.717) is 30.9 Å². The van der Waals surface area contributed by atoms with Crippen molar-refractivity contribution in [1.29, 1.82) is 0 Å². The number of hydrogen-bond acceptors (Lipinski definition) is 3. The first kappa shape index (κ1) is 20.5. The van der Waals surface area contributed by atoms with Crippen molar-refractivity contribution < 1.29 is 14.3 Å². The number of carbonyl (C=O) groups is 2. The Hall–Kier alpha value is -2.72. The van der Waals surface area contributed by atoms with Crippen molar-refractivity contribution >= 4 is 17.9 Å². The fourth-order valence-electron chi connectivity index (χ4n) is 4.90. The van der Waals surface area contributed by atoms with Gasteiger partial charge in [-0.15, -0.1) is 0 Å². The lowest BCUT2D eigenvalue weighted by atomic mass is 9.95. The average molecular weight is 404 g/mol. The zero-order chi connectivity index (χ0) is 20.8. The Morgan fingerprint density at radius 2 is 1.77 bits per heavy atom. The summed E-state index contributed by atoms with van der Waals surface area (Å²) in [6.07, 6.45) is 7.39. The van der Waals surface area contributed by atoms with E-state index in [9.17, 15) is 9.59 Å². The monoisotopic (exact) mass is 403 g/mol. The van der Waals surface area contributed by atoms with Crippen LogP contribution in [0.4, 0.5) is 5.69 Å². The van der Waals surface area contributed by atoms with Gasteiger partial charge in [0.25, 0.3) is 5.91 Å². The number of hydrogen-bond donors (Lipinski definition) is 0. The summed E-state index contributed by atoms with van der Waals surface area (Å²) in [6, 6.07) is 19.8. The molecule has 0 saturated heterocycles. The third kappa shape index (κ3) is 4.88. The highest BCUT2D eigenvalue weighted by atomic mass is 16.5. The number of rotatable bonds is 9. The maximum absolute atomic E-state index is 12.9. The summed E-state index contributed by atoms with van der Waals surface area (Å²) in [5.74, 6) is 1.65. The molecular weight excluding hydrogens is 374 g/mol. The van der Waals surface area contributed by atoms with E-state index in [0.717, 1.165) is 42.4 Å². The van der Waals surface area contributed by atoms with Crippen LogP contribution in [0, 0.1) is 17.8 Å². The highest BCUT2D eigenvalue weighted by Gasteiger charge is 2.38. The van der Waals surface area contributed by atoms with Gasteiger partial charge in [-0.1, -0.05) is 54.6 Å². The number of ether oxygens (including phenoxy) is 1. The molecule has 1 amide bonds. The van der Waals surface area contributed by atoms with Gasteiger partial charge in [0, 0.05) is 12.3 Å². The number of nitrogens with zero attached hydrogens (tertiary/aromatic N) is 1. The highest BCUT2D eigenvalue weighted by molar-refractivity contribution is 5.94. The van der Waals surface area contributed by atoms with Crippen LogP contribution in [0.2, 0.25) is 0 Å². The van der Waals surface area contributed by atoms with Crippen molar-refractivity contribution in [2.24, 2.45) is 17.8 Å². The Morgan fingerprint density at radius 1 is 1.03 bits per heavy atom. The molecular formula is C26H29NO3. The third-order valence-electron chi connectivity index (χ3n) is 6.46. The van der Waals surface area contributed by atoms with Crippen molar-refractivity contribution in [1.82, 2.24) is 0 Å². The zero-order valence-corrected chi connectivity index (χ0v) is 17.3. The Kier molecular flexibility index (Phi) is 6.75. The Labute approximate surface area is 178 Å². The standard InChI is InChI=1S/C26H29NO3/c28-18-23-12-11-22-15-21(16-25(22)23)13-14-30-19-26(29)27(24-9-5-2-6-10-24)17-20-7-3-1-4-8-20/h1-10,12,18,21-22,25H,11,13-17,19H2/t21?,22-,25+/m0/s1. The fourth-order valence-corrected chi connectivity index (χ4v) is 4.90. The Bertz CT molecular complexity index is 878.